The summed E-state index contributed by atoms with van der Waals surface area (Å²) in [6.07, 6.45) is 1.11. The predicted octanol–water partition coefficient (Wildman–Crippen LogP) is 1.43. The van der Waals surface area contributed by atoms with Crippen LogP contribution in [0, 0.1) is 0 Å². The van der Waals surface area contributed by atoms with Gasteiger partial charge in [0.25, 0.3) is 11.5 Å². The van der Waals surface area contributed by atoms with E-state index in [1.165, 1.54) is 18.7 Å². The van der Waals surface area contributed by atoms with Gasteiger partial charge in [0.1, 0.15) is 11.6 Å². The Morgan fingerprint density at radius 3 is 2.41 bits per heavy atom. The van der Waals surface area contributed by atoms with Crippen molar-refractivity contribution in [2.75, 3.05) is 18.2 Å². The number of hydrogen-bond donors (Lipinski definition) is 2. The number of carbonyl (C=O) groups excluding carboxylic acids is 1. The summed E-state index contributed by atoms with van der Waals surface area (Å²) in [4.78, 5) is 42.3. The number of aryl methyl sites for hydroxylation is 2. The van der Waals surface area contributed by atoms with Crippen molar-refractivity contribution < 1.29 is 9.53 Å². The number of nitrogens with two attached hydrogens (primary N) is 1. The molecule has 0 atom stereocenters. The van der Waals surface area contributed by atoms with Crippen molar-refractivity contribution in [2.24, 2.45) is 14.1 Å². The van der Waals surface area contributed by atoms with Crippen LogP contribution >= 0.6 is 0 Å². The fraction of sp³-hybridized carbons (Fsp3) is 0.300. The van der Waals surface area contributed by atoms with E-state index in [4.69, 9.17) is 10.5 Å². The van der Waals surface area contributed by atoms with Gasteiger partial charge in [-0.15, -0.1) is 0 Å². The highest BCUT2D eigenvalue weighted by Crippen LogP contribution is 2.25. The Kier molecular flexibility index (Phi) is 5.40. The maximum Gasteiger partial charge on any atom is 0.332 e. The first-order chi connectivity index (χ1) is 13.8. The summed E-state index contributed by atoms with van der Waals surface area (Å²) in [5, 5.41) is 3.01. The number of amides is 1. The summed E-state index contributed by atoms with van der Waals surface area (Å²) in [7, 11) is 4.47. The average Bonchev–Trinajstić information content (AvgIpc) is 2.71. The second-order valence-electron chi connectivity index (χ2n) is 6.69. The van der Waals surface area contributed by atoms with Crippen LogP contribution in [-0.4, -0.2) is 27.1 Å². The molecule has 29 heavy (non-hydrogen) atoms. The number of hydrogen-bond acceptors (Lipinski definition) is 6. The molecular formula is C20H23N5O4. The molecule has 2 heterocycles. The van der Waals surface area contributed by atoms with Gasteiger partial charge in [0, 0.05) is 19.8 Å². The Morgan fingerprint density at radius 1 is 1.17 bits per heavy atom. The quantitative estimate of drug-likeness (QED) is 0.672. The lowest BCUT2D eigenvalue weighted by Crippen LogP contribution is -2.38. The number of anilines is 2. The Balaban J connectivity index is 2.22. The van der Waals surface area contributed by atoms with E-state index in [9.17, 15) is 14.4 Å². The van der Waals surface area contributed by atoms with E-state index in [2.05, 4.69) is 10.3 Å². The van der Waals surface area contributed by atoms with Gasteiger partial charge in [-0.05, 0) is 36.2 Å². The highest BCUT2D eigenvalue weighted by atomic mass is 16.5. The smallest absolute Gasteiger partial charge is 0.332 e. The Hall–Kier alpha value is -3.62. The molecule has 2 aromatic heterocycles. The van der Waals surface area contributed by atoms with Crippen LogP contribution in [0.5, 0.6) is 5.75 Å². The van der Waals surface area contributed by atoms with Gasteiger partial charge in [0.05, 0.1) is 18.1 Å². The lowest BCUT2D eigenvalue weighted by Gasteiger charge is -2.16. The number of aromatic nitrogens is 3. The molecule has 0 saturated heterocycles. The first-order valence-electron chi connectivity index (χ1n) is 9.13. The Bertz CT molecular complexity index is 1210. The largest absolute Gasteiger partial charge is 0.497 e. The molecule has 0 spiro atoms. The maximum atomic E-state index is 13.0. The molecule has 0 radical (unpaired) electrons. The highest BCUT2D eigenvalue weighted by Gasteiger charge is 2.23. The van der Waals surface area contributed by atoms with Gasteiger partial charge >= 0.3 is 5.69 Å². The Morgan fingerprint density at radius 2 is 1.83 bits per heavy atom. The van der Waals surface area contributed by atoms with Gasteiger partial charge in [-0.2, -0.15) is 0 Å². The molecule has 0 bridgehead atoms. The fourth-order valence-corrected chi connectivity index (χ4v) is 3.30. The molecule has 3 N–H and O–H groups in total. The molecule has 152 valence electrons. The molecule has 3 rings (SSSR count). The minimum absolute atomic E-state index is 0.0322. The van der Waals surface area contributed by atoms with Crippen LogP contribution in [-0.2, 0) is 20.5 Å². The maximum absolute atomic E-state index is 13.0. The van der Waals surface area contributed by atoms with Gasteiger partial charge < -0.3 is 15.8 Å². The number of nitrogens with one attached hydrogen (secondary N) is 1. The van der Waals surface area contributed by atoms with Crippen molar-refractivity contribution in [3.63, 3.8) is 0 Å². The zero-order chi connectivity index (χ0) is 21.3. The Labute approximate surface area is 166 Å². The SMILES string of the molecule is CCCc1c(C(=O)Nc2ccc(OC)cc2)c(N)nc2c1c(=O)n(C)c(=O)n2C. The number of methoxy groups -OCH3 is 1. The predicted molar refractivity (Wildman–Crippen MR) is 112 cm³/mol. The van der Waals surface area contributed by atoms with Crippen molar-refractivity contribution in [1.82, 2.24) is 14.1 Å². The standard InChI is InChI=1S/C20H23N5O4/c1-5-6-13-14(18(26)22-11-7-9-12(29-4)10-8-11)16(21)23-17-15(13)19(27)25(3)20(28)24(17)2/h7-10H,5-6H2,1-4H3,(H2,21,23)(H,22,26). The first-order valence-corrected chi connectivity index (χ1v) is 9.13. The molecule has 0 aliphatic rings. The third-order valence-electron chi connectivity index (χ3n) is 4.79. The van der Waals surface area contributed by atoms with Crippen LogP contribution in [0.4, 0.5) is 11.5 Å². The topological polar surface area (TPSA) is 121 Å². The zero-order valence-electron chi connectivity index (χ0n) is 16.8. The van der Waals surface area contributed by atoms with Crippen LogP contribution in [0.15, 0.2) is 33.9 Å². The van der Waals surface area contributed by atoms with Crippen LogP contribution in [0.3, 0.4) is 0 Å². The van der Waals surface area contributed by atoms with E-state index in [0.29, 0.717) is 29.8 Å². The first kappa shape index (κ1) is 20.1. The van der Waals surface area contributed by atoms with Crippen LogP contribution in [0.25, 0.3) is 11.0 Å². The van der Waals surface area contributed by atoms with Crippen molar-refractivity contribution >= 4 is 28.4 Å². The summed E-state index contributed by atoms with van der Waals surface area (Å²) in [5.41, 5.74) is 6.44. The van der Waals surface area contributed by atoms with Gasteiger partial charge in [0.15, 0.2) is 5.65 Å². The molecule has 0 saturated carbocycles. The lowest BCUT2D eigenvalue weighted by molar-refractivity contribution is 0.102. The molecular weight excluding hydrogens is 374 g/mol. The van der Waals surface area contributed by atoms with Crippen LogP contribution in [0.2, 0.25) is 0 Å². The van der Waals surface area contributed by atoms with Crippen LogP contribution < -0.4 is 27.0 Å². The summed E-state index contributed by atoms with van der Waals surface area (Å²) in [6, 6.07) is 6.83. The molecule has 9 nitrogen and oxygen atoms in total. The van der Waals surface area contributed by atoms with Gasteiger partial charge in [-0.25, -0.2) is 9.78 Å². The van der Waals surface area contributed by atoms with E-state index < -0.39 is 17.2 Å². The van der Waals surface area contributed by atoms with E-state index in [-0.39, 0.29) is 22.4 Å². The van der Waals surface area contributed by atoms with Gasteiger partial charge in [-0.3, -0.25) is 18.7 Å². The van der Waals surface area contributed by atoms with Gasteiger partial charge in [-0.1, -0.05) is 13.3 Å². The molecule has 9 heteroatoms. The minimum atomic E-state index is -0.507. The molecule has 1 aromatic carbocycles. The van der Waals surface area contributed by atoms with E-state index in [1.54, 1.807) is 31.4 Å². The second-order valence-corrected chi connectivity index (χ2v) is 6.69. The number of benzene rings is 1. The third kappa shape index (κ3) is 3.46. The number of ether oxygens (including phenoxy) is 1. The fourth-order valence-electron chi connectivity index (χ4n) is 3.30. The van der Waals surface area contributed by atoms with E-state index in [1.807, 2.05) is 6.92 Å². The number of carbonyl (C=O) groups is 1. The number of rotatable bonds is 5. The highest BCUT2D eigenvalue weighted by molar-refractivity contribution is 6.10. The lowest BCUT2D eigenvalue weighted by atomic mass is 9.99. The van der Waals surface area contributed by atoms with E-state index in [0.717, 1.165) is 4.57 Å². The number of pyridine rings is 1. The van der Waals surface area contributed by atoms with Gasteiger partial charge in [0.2, 0.25) is 0 Å². The number of nitrogens with zero attached hydrogens (tertiary/aromatic N) is 3. The molecule has 0 aliphatic heterocycles. The molecule has 0 fully saturated rings. The average molecular weight is 397 g/mol. The van der Waals surface area contributed by atoms with Crippen molar-refractivity contribution in [3.8, 4) is 5.75 Å². The summed E-state index contributed by atoms with van der Waals surface area (Å²) < 4.78 is 7.38. The summed E-state index contributed by atoms with van der Waals surface area (Å²) in [5.74, 6) is 0.155. The van der Waals surface area contributed by atoms with Crippen molar-refractivity contribution in [1.29, 1.82) is 0 Å². The second kappa shape index (κ2) is 7.78. The molecule has 3 aromatic rings. The minimum Gasteiger partial charge on any atom is -0.497 e. The van der Waals surface area contributed by atoms with Crippen LogP contribution in [0.1, 0.15) is 29.3 Å². The molecule has 0 unspecified atom stereocenters. The zero-order valence-corrected chi connectivity index (χ0v) is 16.8. The van der Waals surface area contributed by atoms with E-state index >= 15 is 0 Å². The monoisotopic (exact) mass is 397 g/mol. The summed E-state index contributed by atoms with van der Waals surface area (Å²) >= 11 is 0. The normalized spacial score (nSPS) is 10.9. The third-order valence-corrected chi connectivity index (χ3v) is 4.79. The molecule has 0 aliphatic carbocycles. The summed E-state index contributed by atoms with van der Waals surface area (Å²) in [6.45, 7) is 1.93. The number of fused-ring (bicyclic) bond motifs is 1. The molecule has 1 amide bonds. The van der Waals surface area contributed by atoms with Crippen molar-refractivity contribution in [2.45, 2.75) is 19.8 Å². The van der Waals surface area contributed by atoms with Crippen molar-refractivity contribution in [3.05, 3.63) is 56.2 Å². The number of nitrogen functional groups attached to an aromatic ring is 1.